The molecular formula is C19H31N3O4. The van der Waals surface area contributed by atoms with Crippen molar-refractivity contribution < 1.29 is 18.7 Å². The summed E-state index contributed by atoms with van der Waals surface area (Å²) >= 11 is 0. The molecule has 0 aliphatic carbocycles. The molecule has 0 saturated carbocycles. The van der Waals surface area contributed by atoms with Crippen LogP contribution in [0.15, 0.2) is 4.42 Å². The van der Waals surface area contributed by atoms with E-state index in [9.17, 15) is 9.59 Å². The van der Waals surface area contributed by atoms with Crippen LogP contribution in [0.4, 0.5) is 4.79 Å². The predicted molar refractivity (Wildman–Crippen MR) is 98.0 cm³/mol. The molecule has 1 aromatic rings. The number of ether oxygens (including phenoxy) is 1. The van der Waals surface area contributed by atoms with E-state index in [1.165, 1.54) is 0 Å². The number of oxazole rings is 1. The van der Waals surface area contributed by atoms with Crippen LogP contribution < -0.4 is 5.32 Å². The van der Waals surface area contributed by atoms with Gasteiger partial charge in [0.25, 0.3) is 5.91 Å². The van der Waals surface area contributed by atoms with Gasteiger partial charge in [-0.3, -0.25) is 4.79 Å². The molecule has 146 valence electrons. The van der Waals surface area contributed by atoms with E-state index in [0.717, 1.165) is 19.3 Å². The number of piperidine rings is 1. The highest BCUT2D eigenvalue weighted by Crippen LogP contribution is 2.22. The maximum atomic E-state index is 12.5. The topological polar surface area (TPSA) is 84.7 Å². The maximum absolute atomic E-state index is 12.5. The first-order chi connectivity index (χ1) is 12.3. The van der Waals surface area contributed by atoms with Gasteiger partial charge in [0.15, 0.2) is 5.89 Å². The van der Waals surface area contributed by atoms with Crippen LogP contribution in [0.25, 0.3) is 0 Å². The summed E-state index contributed by atoms with van der Waals surface area (Å²) in [5.74, 6) is 1.44. The van der Waals surface area contributed by atoms with E-state index in [0.29, 0.717) is 48.9 Å². The monoisotopic (exact) mass is 365 g/mol. The van der Waals surface area contributed by atoms with Crippen LogP contribution in [-0.4, -0.2) is 47.6 Å². The lowest BCUT2D eigenvalue weighted by molar-refractivity contribution is 0.0801. The van der Waals surface area contributed by atoms with Gasteiger partial charge >= 0.3 is 6.09 Å². The van der Waals surface area contributed by atoms with Gasteiger partial charge in [-0.25, -0.2) is 9.78 Å². The second-order valence-corrected chi connectivity index (χ2v) is 7.41. The molecule has 0 radical (unpaired) electrons. The van der Waals surface area contributed by atoms with Crippen molar-refractivity contribution in [1.82, 2.24) is 15.2 Å². The van der Waals surface area contributed by atoms with Gasteiger partial charge in [-0.05, 0) is 45.4 Å². The minimum atomic E-state index is -0.252. The summed E-state index contributed by atoms with van der Waals surface area (Å²) in [5, 5.41) is 3.04. The SMILES string of the molecule is CCOC(=O)N1CCC([C@@H](C)NC(=O)c2oc(CC(C)C)nc2C)CC1. The summed E-state index contributed by atoms with van der Waals surface area (Å²) in [6.45, 7) is 11.5. The Balaban J connectivity index is 1.88. The summed E-state index contributed by atoms with van der Waals surface area (Å²) in [6, 6.07) is 0.00453. The molecule has 2 heterocycles. The Morgan fingerprint density at radius 2 is 1.96 bits per heavy atom. The number of rotatable bonds is 6. The van der Waals surface area contributed by atoms with Gasteiger partial charge in [0.2, 0.25) is 5.76 Å². The van der Waals surface area contributed by atoms with E-state index >= 15 is 0 Å². The molecule has 1 aromatic heterocycles. The Morgan fingerprint density at radius 1 is 1.31 bits per heavy atom. The van der Waals surface area contributed by atoms with E-state index in [1.807, 2.05) is 6.92 Å². The molecule has 0 aromatic carbocycles. The number of carbonyl (C=O) groups is 2. The zero-order valence-electron chi connectivity index (χ0n) is 16.5. The first-order valence-electron chi connectivity index (χ1n) is 9.50. The van der Waals surface area contributed by atoms with Gasteiger partial charge in [0.1, 0.15) is 0 Å². The maximum Gasteiger partial charge on any atom is 0.409 e. The Labute approximate surface area is 155 Å². The minimum Gasteiger partial charge on any atom is -0.450 e. The number of hydrogen-bond donors (Lipinski definition) is 1. The highest BCUT2D eigenvalue weighted by atomic mass is 16.6. The Kier molecular flexibility index (Phi) is 7.06. The van der Waals surface area contributed by atoms with E-state index < -0.39 is 0 Å². The first kappa shape index (κ1) is 20.3. The van der Waals surface area contributed by atoms with E-state index in [2.05, 4.69) is 24.1 Å². The van der Waals surface area contributed by atoms with Crippen LogP contribution in [0, 0.1) is 18.8 Å². The third-order valence-corrected chi connectivity index (χ3v) is 4.76. The van der Waals surface area contributed by atoms with Crippen molar-refractivity contribution in [3.05, 3.63) is 17.3 Å². The third kappa shape index (κ3) is 5.22. The molecule has 0 spiro atoms. The highest BCUT2D eigenvalue weighted by molar-refractivity contribution is 5.92. The molecule has 2 rings (SSSR count). The molecule has 1 aliphatic heterocycles. The molecule has 1 N–H and O–H groups in total. The van der Waals surface area contributed by atoms with Gasteiger partial charge < -0.3 is 19.4 Å². The largest absolute Gasteiger partial charge is 0.450 e. The van der Waals surface area contributed by atoms with Crippen molar-refractivity contribution in [3.63, 3.8) is 0 Å². The summed E-state index contributed by atoms with van der Waals surface area (Å²) in [7, 11) is 0. The van der Waals surface area contributed by atoms with E-state index in [-0.39, 0.29) is 18.0 Å². The minimum absolute atomic E-state index is 0.00453. The Morgan fingerprint density at radius 3 is 2.54 bits per heavy atom. The van der Waals surface area contributed by atoms with Crippen LogP contribution in [0.3, 0.4) is 0 Å². The molecule has 1 aliphatic rings. The second-order valence-electron chi connectivity index (χ2n) is 7.41. The third-order valence-electron chi connectivity index (χ3n) is 4.76. The van der Waals surface area contributed by atoms with Gasteiger partial charge in [0.05, 0.1) is 12.3 Å². The van der Waals surface area contributed by atoms with Crippen molar-refractivity contribution in [2.45, 2.75) is 59.9 Å². The number of carbonyl (C=O) groups excluding carboxylic acids is 2. The van der Waals surface area contributed by atoms with Gasteiger partial charge in [-0.15, -0.1) is 0 Å². The standard InChI is InChI=1S/C19H31N3O4/c1-6-25-19(24)22-9-7-15(8-10-22)13(4)21-18(23)17-14(5)20-16(26-17)11-12(2)3/h12-13,15H,6-11H2,1-5H3,(H,21,23)/t13-/m1/s1. The van der Waals surface area contributed by atoms with Crippen LogP contribution >= 0.6 is 0 Å². The lowest BCUT2D eigenvalue weighted by atomic mass is 9.90. The second kappa shape index (κ2) is 9.05. The average molecular weight is 365 g/mol. The lowest BCUT2D eigenvalue weighted by Crippen LogP contribution is -2.45. The fraction of sp³-hybridized carbons (Fsp3) is 0.737. The lowest BCUT2D eigenvalue weighted by Gasteiger charge is -2.34. The van der Waals surface area contributed by atoms with Crippen LogP contribution in [0.2, 0.25) is 0 Å². The Hall–Kier alpha value is -2.05. The van der Waals surface area contributed by atoms with Crippen molar-refractivity contribution in [2.75, 3.05) is 19.7 Å². The molecule has 7 heteroatoms. The summed E-state index contributed by atoms with van der Waals surface area (Å²) in [5.41, 5.74) is 0.627. The molecular weight excluding hydrogens is 334 g/mol. The fourth-order valence-electron chi connectivity index (χ4n) is 3.29. The molecule has 0 unspecified atom stereocenters. The predicted octanol–water partition coefficient (Wildman–Crippen LogP) is 3.17. The number of aryl methyl sites for hydroxylation is 1. The first-order valence-corrected chi connectivity index (χ1v) is 9.50. The van der Waals surface area contributed by atoms with E-state index in [4.69, 9.17) is 9.15 Å². The van der Waals surface area contributed by atoms with Crippen LogP contribution in [-0.2, 0) is 11.2 Å². The van der Waals surface area contributed by atoms with Crippen molar-refractivity contribution in [1.29, 1.82) is 0 Å². The molecule has 0 bridgehead atoms. The van der Waals surface area contributed by atoms with Gasteiger partial charge in [0, 0.05) is 25.6 Å². The number of nitrogens with zero attached hydrogens (tertiary/aromatic N) is 2. The normalized spacial score (nSPS) is 16.6. The van der Waals surface area contributed by atoms with Crippen LogP contribution in [0.5, 0.6) is 0 Å². The average Bonchev–Trinajstić information content (AvgIpc) is 2.94. The molecule has 7 nitrogen and oxygen atoms in total. The molecule has 1 fully saturated rings. The smallest absolute Gasteiger partial charge is 0.409 e. The number of hydrogen-bond acceptors (Lipinski definition) is 5. The Bertz CT molecular complexity index is 618. The van der Waals surface area contributed by atoms with E-state index in [1.54, 1.807) is 18.7 Å². The quantitative estimate of drug-likeness (QED) is 0.837. The zero-order valence-corrected chi connectivity index (χ0v) is 16.5. The number of aromatic nitrogens is 1. The van der Waals surface area contributed by atoms with Crippen molar-refractivity contribution in [3.8, 4) is 0 Å². The summed E-state index contributed by atoms with van der Waals surface area (Å²) < 4.78 is 10.7. The molecule has 1 atom stereocenters. The molecule has 2 amide bonds. The zero-order chi connectivity index (χ0) is 19.3. The number of likely N-dealkylation sites (tertiary alicyclic amines) is 1. The van der Waals surface area contributed by atoms with Crippen molar-refractivity contribution >= 4 is 12.0 Å². The fourth-order valence-corrected chi connectivity index (χ4v) is 3.29. The molecule has 1 saturated heterocycles. The highest BCUT2D eigenvalue weighted by Gasteiger charge is 2.29. The number of nitrogens with one attached hydrogen (secondary N) is 1. The molecule has 26 heavy (non-hydrogen) atoms. The summed E-state index contributed by atoms with van der Waals surface area (Å²) in [6.07, 6.45) is 2.15. The van der Waals surface area contributed by atoms with Crippen LogP contribution in [0.1, 0.15) is 62.7 Å². The summed E-state index contributed by atoms with van der Waals surface area (Å²) in [4.78, 5) is 30.4. The van der Waals surface area contributed by atoms with Gasteiger partial charge in [-0.1, -0.05) is 13.8 Å². The van der Waals surface area contributed by atoms with Crippen molar-refractivity contribution in [2.24, 2.45) is 11.8 Å². The number of amides is 2. The van der Waals surface area contributed by atoms with Gasteiger partial charge in [-0.2, -0.15) is 0 Å².